The van der Waals surface area contributed by atoms with Gasteiger partial charge in [0.15, 0.2) is 5.78 Å². The Labute approximate surface area is 111 Å². The van der Waals surface area contributed by atoms with Crippen LogP contribution >= 0.6 is 0 Å². The zero-order chi connectivity index (χ0) is 13.7. The number of ether oxygens (including phenoxy) is 1. The van der Waals surface area contributed by atoms with Crippen LogP contribution in [0.2, 0.25) is 0 Å². The Kier molecular flexibility index (Phi) is 4.13. The van der Waals surface area contributed by atoms with Crippen molar-refractivity contribution >= 4 is 11.5 Å². The number of hydrogen-bond donors (Lipinski definition) is 1. The van der Waals surface area contributed by atoms with E-state index >= 15 is 0 Å². The predicted molar refractivity (Wildman–Crippen MR) is 72.2 cm³/mol. The molecule has 0 amide bonds. The molecule has 0 fully saturated rings. The highest BCUT2D eigenvalue weighted by Gasteiger charge is 2.05. The fourth-order valence-corrected chi connectivity index (χ4v) is 1.63. The van der Waals surface area contributed by atoms with Crippen LogP contribution in [0.1, 0.15) is 10.4 Å². The Morgan fingerprint density at radius 2 is 1.74 bits per heavy atom. The first-order chi connectivity index (χ1) is 9.19. The van der Waals surface area contributed by atoms with Crippen molar-refractivity contribution in [2.45, 2.75) is 0 Å². The van der Waals surface area contributed by atoms with Crippen LogP contribution in [0.25, 0.3) is 0 Å². The van der Waals surface area contributed by atoms with Gasteiger partial charge in [-0.3, -0.25) is 4.79 Å². The largest absolute Gasteiger partial charge is 0.497 e. The molecule has 19 heavy (non-hydrogen) atoms. The number of halogens is 1. The van der Waals surface area contributed by atoms with E-state index in [1.165, 1.54) is 24.3 Å². The van der Waals surface area contributed by atoms with Gasteiger partial charge in [0.25, 0.3) is 0 Å². The van der Waals surface area contributed by atoms with Gasteiger partial charge in [0, 0.05) is 11.3 Å². The van der Waals surface area contributed by atoms with E-state index < -0.39 is 0 Å². The number of nitrogens with one attached hydrogen (secondary N) is 1. The Hall–Kier alpha value is -2.36. The van der Waals surface area contributed by atoms with Crippen molar-refractivity contribution in [2.24, 2.45) is 0 Å². The van der Waals surface area contributed by atoms with E-state index in [0.29, 0.717) is 5.56 Å². The summed E-state index contributed by atoms with van der Waals surface area (Å²) in [5.41, 5.74) is 1.32. The van der Waals surface area contributed by atoms with Gasteiger partial charge >= 0.3 is 0 Å². The van der Waals surface area contributed by atoms with Crippen LogP contribution in [0.15, 0.2) is 48.5 Å². The van der Waals surface area contributed by atoms with Crippen molar-refractivity contribution in [3.63, 3.8) is 0 Å². The molecule has 0 aliphatic rings. The van der Waals surface area contributed by atoms with Gasteiger partial charge in [-0.25, -0.2) is 4.39 Å². The Morgan fingerprint density at radius 3 is 2.32 bits per heavy atom. The third-order valence-corrected chi connectivity index (χ3v) is 2.71. The van der Waals surface area contributed by atoms with Gasteiger partial charge in [0.1, 0.15) is 11.6 Å². The summed E-state index contributed by atoms with van der Waals surface area (Å²) in [6.45, 7) is 0.165. The molecule has 2 aromatic carbocycles. The molecular weight excluding hydrogens is 245 g/mol. The number of carbonyl (C=O) groups excluding carboxylic acids is 1. The van der Waals surface area contributed by atoms with Crippen LogP contribution in [0.5, 0.6) is 5.75 Å². The maximum absolute atomic E-state index is 12.7. The summed E-state index contributed by atoms with van der Waals surface area (Å²) in [5.74, 6) is 0.325. The molecule has 0 bridgehead atoms. The Bertz CT molecular complexity index is 549. The van der Waals surface area contributed by atoms with Gasteiger partial charge in [0.2, 0.25) is 0 Å². The number of ketones is 1. The lowest BCUT2D eigenvalue weighted by Crippen LogP contribution is -2.13. The molecule has 0 saturated heterocycles. The van der Waals surface area contributed by atoms with E-state index in [2.05, 4.69) is 5.32 Å². The predicted octanol–water partition coefficient (Wildman–Crippen LogP) is 3.13. The summed E-state index contributed by atoms with van der Waals surface area (Å²) in [6.07, 6.45) is 0. The van der Waals surface area contributed by atoms with Crippen LogP contribution in [-0.2, 0) is 0 Å². The molecule has 2 aromatic rings. The van der Waals surface area contributed by atoms with Gasteiger partial charge in [-0.15, -0.1) is 0 Å². The summed E-state index contributed by atoms with van der Waals surface area (Å²) in [7, 11) is 1.60. The fourth-order valence-electron chi connectivity index (χ4n) is 1.63. The standard InChI is InChI=1S/C15H14FNO2/c1-19-14-8-6-13(7-9-14)17-10-15(18)11-2-4-12(16)5-3-11/h2-9,17H,10H2,1H3. The lowest BCUT2D eigenvalue weighted by atomic mass is 10.1. The monoisotopic (exact) mass is 259 g/mol. The molecule has 0 saturated carbocycles. The summed E-state index contributed by atoms with van der Waals surface area (Å²) in [6, 6.07) is 12.8. The van der Waals surface area contributed by atoms with Gasteiger partial charge < -0.3 is 10.1 Å². The topological polar surface area (TPSA) is 38.3 Å². The van der Waals surface area contributed by atoms with E-state index in [0.717, 1.165) is 11.4 Å². The molecule has 1 N–H and O–H groups in total. The Balaban J connectivity index is 1.94. The SMILES string of the molecule is COc1ccc(NCC(=O)c2ccc(F)cc2)cc1. The zero-order valence-electron chi connectivity index (χ0n) is 10.5. The normalized spacial score (nSPS) is 10.0. The minimum absolute atomic E-state index is 0.0872. The van der Waals surface area contributed by atoms with Crippen LogP contribution in [0.3, 0.4) is 0 Å². The summed E-state index contributed by atoms with van der Waals surface area (Å²) < 4.78 is 17.8. The van der Waals surface area contributed by atoms with E-state index in [1.807, 2.05) is 24.3 Å². The third-order valence-electron chi connectivity index (χ3n) is 2.71. The lowest BCUT2D eigenvalue weighted by Gasteiger charge is -2.06. The first-order valence-corrected chi connectivity index (χ1v) is 5.86. The van der Waals surface area contributed by atoms with Crippen LogP contribution in [0.4, 0.5) is 10.1 Å². The van der Waals surface area contributed by atoms with Crippen molar-refractivity contribution in [1.29, 1.82) is 0 Å². The second-order valence-corrected chi connectivity index (χ2v) is 4.01. The number of benzene rings is 2. The average Bonchev–Trinajstić information content (AvgIpc) is 2.46. The number of methoxy groups -OCH3 is 1. The second kappa shape index (κ2) is 6.00. The molecule has 0 aliphatic carbocycles. The lowest BCUT2D eigenvalue weighted by molar-refractivity contribution is 0.101. The quantitative estimate of drug-likeness (QED) is 0.838. The second-order valence-electron chi connectivity index (χ2n) is 4.01. The molecule has 2 rings (SSSR count). The summed E-state index contributed by atoms with van der Waals surface area (Å²) in [4.78, 5) is 11.8. The molecule has 0 spiro atoms. The van der Waals surface area contributed by atoms with Crippen molar-refractivity contribution in [1.82, 2.24) is 0 Å². The van der Waals surface area contributed by atoms with E-state index in [4.69, 9.17) is 4.74 Å². The molecule has 0 atom stereocenters. The summed E-state index contributed by atoms with van der Waals surface area (Å²) in [5, 5.41) is 3.01. The first kappa shape index (κ1) is 13.1. The van der Waals surface area contributed by atoms with Gasteiger partial charge in [-0.05, 0) is 48.5 Å². The highest BCUT2D eigenvalue weighted by atomic mass is 19.1. The maximum atomic E-state index is 12.7. The number of anilines is 1. The van der Waals surface area contributed by atoms with Crippen molar-refractivity contribution in [3.8, 4) is 5.75 Å². The fraction of sp³-hybridized carbons (Fsp3) is 0.133. The third kappa shape index (κ3) is 3.55. The first-order valence-electron chi connectivity index (χ1n) is 5.86. The van der Waals surface area contributed by atoms with Gasteiger partial charge in [-0.1, -0.05) is 0 Å². The van der Waals surface area contributed by atoms with Crippen LogP contribution < -0.4 is 10.1 Å². The van der Waals surface area contributed by atoms with Crippen LogP contribution in [-0.4, -0.2) is 19.4 Å². The molecule has 0 radical (unpaired) electrons. The number of carbonyl (C=O) groups is 1. The minimum atomic E-state index is -0.348. The van der Waals surface area contributed by atoms with Crippen molar-refractivity contribution in [3.05, 3.63) is 59.9 Å². The van der Waals surface area contributed by atoms with Gasteiger partial charge in [0.05, 0.1) is 13.7 Å². The van der Waals surface area contributed by atoms with E-state index in [1.54, 1.807) is 7.11 Å². The smallest absolute Gasteiger partial charge is 0.181 e. The van der Waals surface area contributed by atoms with E-state index in [9.17, 15) is 9.18 Å². The van der Waals surface area contributed by atoms with E-state index in [-0.39, 0.29) is 18.1 Å². The molecular formula is C15H14FNO2. The maximum Gasteiger partial charge on any atom is 0.181 e. The highest BCUT2D eigenvalue weighted by Crippen LogP contribution is 2.15. The average molecular weight is 259 g/mol. The van der Waals surface area contributed by atoms with Crippen molar-refractivity contribution in [2.75, 3.05) is 19.0 Å². The van der Waals surface area contributed by atoms with Crippen molar-refractivity contribution < 1.29 is 13.9 Å². The highest BCUT2D eigenvalue weighted by molar-refractivity contribution is 5.98. The van der Waals surface area contributed by atoms with Gasteiger partial charge in [-0.2, -0.15) is 0 Å². The number of rotatable bonds is 5. The molecule has 0 aromatic heterocycles. The minimum Gasteiger partial charge on any atom is -0.497 e. The Morgan fingerprint density at radius 1 is 1.11 bits per heavy atom. The number of Topliss-reactive ketones (excluding diaryl/α,β-unsaturated/α-hetero) is 1. The molecule has 0 unspecified atom stereocenters. The molecule has 4 heteroatoms. The molecule has 98 valence electrons. The molecule has 0 heterocycles. The zero-order valence-corrected chi connectivity index (χ0v) is 10.5. The number of hydrogen-bond acceptors (Lipinski definition) is 3. The molecule has 3 nitrogen and oxygen atoms in total. The molecule has 0 aliphatic heterocycles. The van der Waals surface area contributed by atoms with Crippen LogP contribution in [0, 0.1) is 5.82 Å². The summed E-state index contributed by atoms with van der Waals surface area (Å²) >= 11 is 0.